The van der Waals surface area contributed by atoms with E-state index in [9.17, 15) is 15.2 Å². The number of urea groups is 1. The lowest BCUT2D eigenvalue weighted by atomic mass is 9.99. The summed E-state index contributed by atoms with van der Waals surface area (Å²) in [6.07, 6.45) is 14.1. The largest absolute Gasteiger partial charge is 0.396 e. The molecule has 1 aliphatic rings. The van der Waals surface area contributed by atoms with Crippen molar-refractivity contribution in [1.29, 1.82) is 5.26 Å². The molecule has 1 fully saturated rings. The molecule has 2 amide bonds. The van der Waals surface area contributed by atoms with Gasteiger partial charge in [-0.05, 0) is 62.6 Å². The number of nitriles is 1. The highest BCUT2D eigenvalue weighted by Gasteiger charge is 2.27. The maximum atomic E-state index is 13.8. The van der Waals surface area contributed by atoms with Gasteiger partial charge in [0.1, 0.15) is 17.5 Å². The number of nitrogens with zero attached hydrogens (tertiary/aromatic N) is 8. The van der Waals surface area contributed by atoms with Crippen LogP contribution in [0.25, 0.3) is 11.1 Å². The summed E-state index contributed by atoms with van der Waals surface area (Å²) in [7, 11) is 1.88. The van der Waals surface area contributed by atoms with Gasteiger partial charge < -0.3 is 20.6 Å². The Morgan fingerprint density at radius 2 is 1.96 bits per heavy atom. The minimum atomic E-state index is -0.189. The van der Waals surface area contributed by atoms with Crippen molar-refractivity contribution >= 4 is 23.6 Å². The topological polar surface area (TPSA) is 148 Å². The third-order valence-electron chi connectivity index (χ3n) is 8.77. The van der Waals surface area contributed by atoms with Gasteiger partial charge in [0.05, 0.1) is 12.4 Å². The number of carbonyl (C=O) groups is 1. The summed E-state index contributed by atoms with van der Waals surface area (Å²) in [6, 6.07) is 15.9. The molecule has 12 heteroatoms. The first-order chi connectivity index (χ1) is 23.5. The minimum Gasteiger partial charge on any atom is -0.396 e. The van der Waals surface area contributed by atoms with E-state index in [4.69, 9.17) is 9.97 Å². The van der Waals surface area contributed by atoms with Crippen LogP contribution >= 0.6 is 0 Å². The maximum absolute atomic E-state index is 13.8. The molecule has 1 aliphatic heterocycles. The van der Waals surface area contributed by atoms with Crippen molar-refractivity contribution in [3.63, 3.8) is 0 Å². The predicted molar refractivity (Wildman–Crippen MR) is 187 cm³/mol. The SMILES string of the molecule is CCCC(CCCNc1ncc(C#N)c(N2CCCCC2CCO)n1)N(C(=O)NCc1ccccc1)c1ccc(-c2cnn(C)c2)cn1. The van der Waals surface area contributed by atoms with E-state index in [2.05, 4.69) is 38.6 Å². The van der Waals surface area contributed by atoms with Gasteiger partial charge in [-0.2, -0.15) is 15.3 Å². The van der Waals surface area contributed by atoms with Crippen molar-refractivity contribution in [1.82, 2.24) is 30.0 Å². The number of aromatic nitrogens is 5. The number of hydrogen-bond acceptors (Lipinski definition) is 9. The molecule has 3 aromatic heterocycles. The number of amides is 2. The summed E-state index contributed by atoms with van der Waals surface area (Å²) >= 11 is 0. The number of carbonyl (C=O) groups excluding carboxylic acids is 1. The molecule has 0 aliphatic carbocycles. The van der Waals surface area contributed by atoms with E-state index in [1.165, 1.54) is 0 Å². The van der Waals surface area contributed by atoms with Crippen molar-refractivity contribution in [2.24, 2.45) is 7.05 Å². The highest BCUT2D eigenvalue weighted by Crippen LogP contribution is 2.29. The van der Waals surface area contributed by atoms with Gasteiger partial charge in [-0.15, -0.1) is 0 Å². The third-order valence-corrected chi connectivity index (χ3v) is 8.77. The zero-order valence-corrected chi connectivity index (χ0v) is 27.9. The summed E-state index contributed by atoms with van der Waals surface area (Å²) < 4.78 is 1.75. The predicted octanol–water partition coefficient (Wildman–Crippen LogP) is 5.66. The first kappa shape index (κ1) is 34.3. The molecule has 5 rings (SSSR count). The van der Waals surface area contributed by atoms with Crippen LogP contribution in [0.4, 0.5) is 22.4 Å². The molecule has 1 aromatic carbocycles. The van der Waals surface area contributed by atoms with E-state index in [-0.39, 0.29) is 24.7 Å². The van der Waals surface area contributed by atoms with Crippen LogP contribution in [0.3, 0.4) is 0 Å². The lowest BCUT2D eigenvalue weighted by Gasteiger charge is -2.36. The van der Waals surface area contributed by atoms with Crippen LogP contribution < -0.4 is 20.4 Å². The quantitative estimate of drug-likeness (QED) is 0.139. The molecule has 1 saturated heterocycles. The Labute approximate surface area is 282 Å². The highest BCUT2D eigenvalue weighted by atomic mass is 16.3. The summed E-state index contributed by atoms with van der Waals surface area (Å²) in [4.78, 5) is 31.7. The Hall–Kier alpha value is -5.02. The average molecular weight is 651 g/mol. The molecule has 12 nitrogen and oxygen atoms in total. The molecular formula is C36H46N10O2. The molecule has 48 heavy (non-hydrogen) atoms. The molecule has 0 radical (unpaired) electrons. The monoisotopic (exact) mass is 650 g/mol. The minimum absolute atomic E-state index is 0.0886. The van der Waals surface area contributed by atoms with Crippen LogP contribution in [-0.4, -0.2) is 67.7 Å². The molecule has 3 N–H and O–H groups in total. The van der Waals surface area contributed by atoms with Crippen LogP contribution in [0.15, 0.2) is 67.3 Å². The van der Waals surface area contributed by atoms with Crippen molar-refractivity contribution in [3.8, 4) is 17.2 Å². The zero-order valence-electron chi connectivity index (χ0n) is 27.9. The van der Waals surface area contributed by atoms with Crippen molar-refractivity contribution in [2.45, 2.75) is 76.9 Å². The summed E-state index contributed by atoms with van der Waals surface area (Å²) in [5.74, 6) is 1.69. The second-order valence-electron chi connectivity index (χ2n) is 12.2. The fourth-order valence-electron chi connectivity index (χ4n) is 6.34. The van der Waals surface area contributed by atoms with Crippen molar-refractivity contribution < 1.29 is 9.90 Å². The zero-order chi connectivity index (χ0) is 33.7. The van der Waals surface area contributed by atoms with Crippen molar-refractivity contribution in [3.05, 3.63) is 78.4 Å². The molecule has 2 atom stereocenters. The molecule has 0 saturated carbocycles. The lowest BCUT2D eigenvalue weighted by molar-refractivity contribution is 0.242. The highest BCUT2D eigenvalue weighted by molar-refractivity contribution is 5.91. The Kier molecular flexibility index (Phi) is 12.3. The lowest BCUT2D eigenvalue weighted by Crippen LogP contribution is -2.47. The van der Waals surface area contributed by atoms with Crippen LogP contribution in [0.5, 0.6) is 0 Å². The van der Waals surface area contributed by atoms with Gasteiger partial charge in [0.15, 0.2) is 5.82 Å². The molecule has 0 spiro atoms. The molecule has 252 valence electrons. The van der Waals surface area contributed by atoms with Crippen molar-refractivity contribution in [2.75, 3.05) is 34.8 Å². The Balaban J connectivity index is 1.29. The second kappa shape index (κ2) is 17.2. The first-order valence-corrected chi connectivity index (χ1v) is 16.9. The number of benzene rings is 1. The number of aliphatic hydroxyl groups excluding tert-OH is 1. The molecule has 2 unspecified atom stereocenters. The van der Waals surface area contributed by atoms with Gasteiger partial charge in [0.25, 0.3) is 0 Å². The number of nitrogens with one attached hydrogen (secondary N) is 2. The van der Waals surface area contributed by atoms with Gasteiger partial charge >= 0.3 is 6.03 Å². The smallest absolute Gasteiger partial charge is 0.323 e. The summed E-state index contributed by atoms with van der Waals surface area (Å²) in [5.41, 5.74) is 3.36. The van der Waals surface area contributed by atoms with Gasteiger partial charge in [-0.1, -0.05) is 43.7 Å². The van der Waals surface area contributed by atoms with Crippen LogP contribution in [-0.2, 0) is 13.6 Å². The summed E-state index contributed by atoms with van der Waals surface area (Å²) in [6.45, 7) is 4.04. The third kappa shape index (κ3) is 8.86. The van der Waals surface area contributed by atoms with Crippen LogP contribution in [0.2, 0.25) is 0 Å². The van der Waals surface area contributed by atoms with E-state index >= 15 is 0 Å². The van der Waals surface area contributed by atoms with Crippen LogP contribution in [0.1, 0.15) is 69.4 Å². The maximum Gasteiger partial charge on any atom is 0.323 e. The van der Waals surface area contributed by atoms with E-state index in [1.807, 2.05) is 55.7 Å². The first-order valence-electron chi connectivity index (χ1n) is 16.9. The Morgan fingerprint density at radius 3 is 2.67 bits per heavy atom. The normalized spacial score (nSPS) is 15.0. The average Bonchev–Trinajstić information content (AvgIpc) is 3.56. The molecule has 4 heterocycles. The molecule has 0 bridgehead atoms. The number of aliphatic hydroxyl groups is 1. The van der Waals surface area contributed by atoms with Crippen LogP contribution in [0, 0.1) is 11.3 Å². The van der Waals surface area contributed by atoms with Gasteiger partial charge in [0.2, 0.25) is 5.95 Å². The number of rotatable bonds is 15. The van der Waals surface area contributed by atoms with Gasteiger partial charge in [-0.25, -0.2) is 14.8 Å². The number of piperidine rings is 1. The van der Waals surface area contributed by atoms with Gasteiger partial charge in [0, 0.05) is 68.9 Å². The fraction of sp³-hybridized carbons (Fsp3) is 0.444. The number of pyridine rings is 1. The molecule has 4 aromatic rings. The Bertz CT molecular complexity index is 1630. The van der Waals surface area contributed by atoms with E-state index in [0.29, 0.717) is 42.7 Å². The number of hydrogen-bond donors (Lipinski definition) is 3. The van der Waals surface area contributed by atoms with E-state index < -0.39 is 0 Å². The Morgan fingerprint density at radius 1 is 1.10 bits per heavy atom. The van der Waals surface area contributed by atoms with E-state index in [0.717, 1.165) is 68.2 Å². The van der Waals surface area contributed by atoms with E-state index in [1.54, 1.807) is 28.2 Å². The second-order valence-corrected chi connectivity index (χ2v) is 12.2. The molecular weight excluding hydrogens is 604 g/mol. The number of anilines is 3. The van der Waals surface area contributed by atoms with Gasteiger partial charge in [-0.3, -0.25) is 9.58 Å². The fourth-order valence-corrected chi connectivity index (χ4v) is 6.34. The summed E-state index contributed by atoms with van der Waals surface area (Å²) in [5, 5.41) is 30.1. The number of aryl methyl sites for hydroxylation is 1. The standard InChI is InChI=1S/C36H46N10O2/c1-3-10-32(14-9-18-38-35-40-24-29(21-37)34(43-35)45-19-8-7-13-31(45)17-20-47)46(36(48)41-22-27-11-5-4-6-12-27)33-16-15-28(23-39-33)30-25-42-44(2)26-30/h4-6,11-12,15-16,23-26,31-32,47H,3,7-10,13-14,17-20,22H2,1-2H3,(H,41,48)(H,38,40,43).